The molecule has 2 heteroatoms. The van der Waals surface area contributed by atoms with Crippen LogP contribution in [0.15, 0.2) is 30.3 Å². The molecule has 0 nitrogen and oxygen atoms in total. The normalized spacial score (nSPS) is 8.45. The van der Waals surface area contributed by atoms with Crippen LogP contribution in [0.5, 0.6) is 0 Å². The van der Waals surface area contributed by atoms with Crippen molar-refractivity contribution in [2.45, 2.75) is 17.5 Å². The van der Waals surface area contributed by atoms with Crippen molar-refractivity contribution in [3.05, 3.63) is 35.9 Å². The van der Waals surface area contributed by atoms with E-state index in [1.807, 2.05) is 0 Å². The van der Waals surface area contributed by atoms with Gasteiger partial charge in [-0.15, -0.1) is 5.28 Å². The molecule has 0 spiro atoms. The van der Waals surface area contributed by atoms with E-state index < -0.39 is 0 Å². The van der Waals surface area contributed by atoms with Crippen LogP contribution in [0.25, 0.3) is 0 Å². The summed E-state index contributed by atoms with van der Waals surface area (Å²) in [5.41, 5.74) is 1.50. The van der Waals surface area contributed by atoms with Gasteiger partial charge in [-0.1, -0.05) is 48.1 Å². The average molecular weight is 167 g/mol. The number of hydrogen-bond acceptors (Lipinski definition) is 0. The quantitative estimate of drug-likeness (QED) is 0.607. The summed E-state index contributed by atoms with van der Waals surface area (Å²) in [6.07, 6.45) is 0. The smallest absolute Gasteiger partial charge is 0.206 e. The van der Waals surface area contributed by atoms with Gasteiger partial charge in [0.15, 0.2) is 0 Å². The van der Waals surface area contributed by atoms with Gasteiger partial charge in [-0.05, 0) is 0 Å². The maximum atomic E-state index is 2.26. The molecule has 0 amide bonds. The summed E-state index contributed by atoms with van der Waals surface area (Å²) in [5, 5.41) is 2.69. The fourth-order valence-corrected chi connectivity index (χ4v) is 1.82. The Morgan fingerprint density at radius 1 is 1.18 bits per heavy atom. The Morgan fingerprint density at radius 2 is 1.82 bits per heavy atom. The Morgan fingerprint density at radius 3 is 2.36 bits per heavy atom. The largest absolute Gasteiger partial charge is 0.269 e. The molecule has 0 aliphatic heterocycles. The van der Waals surface area contributed by atoms with Crippen LogP contribution in [0.2, 0.25) is 5.28 Å². The van der Waals surface area contributed by atoms with Crippen molar-refractivity contribution >= 4 is 15.2 Å². The van der Waals surface area contributed by atoms with Crippen molar-refractivity contribution in [1.29, 1.82) is 0 Å². The van der Waals surface area contributed by atoms with Crippen molar-refractivity contribution < 1.29 is 4.70 Å². The van der Waals surface area contributed by atoms with Crippen molar-refractivity contribution in [2.75, 3.05) is 0 Å². The predicted molar refractivity (Wildman–Crippen MR) is 48.9 cm³/mol. The Balaban J connectivity index is 0.000001000. The molecule has 0 N–H and O–H groups in total. The van der Waals surface area contributed by atoms with Crippen LogP contribution in [-0.4, -0.2) is 15.2 Å². The lowest BCUT2D eigenvalue weighted by Gasteiger charge is -1.95. The van der Waals surface area contributed by atoms with E-state index in [2.05, 4.69) is 37.3 Å². The topological polar surface area (TPSA) is 0 Å². The maximum absolute atomic E-state index is 2.26. The molecule has 0 aliphatic rings. The molecule has 1 radical (unpaired) electrons. The lowest BCUT2D eigenvalue weighted by atomic mass is 10.2. The van der Waals surface area contributed by atoms with E-state index >= 15 is 0 Å². The number of hydrogen-bond donors (Lipinski definition) is 0. The minimum absolute atomic E-state index is 0. The molecule has 0 aliphatic carbocycles. The van der Waals surface area contributed by atoms with Crippen LogP contribution in [0.3, 0.4) is 0 Å². The van der Waals surface area contributed by atoms with Crippen LogP contribution in [0, 0.1) is 0 Å². The third-order valence-electron chi connectivity index (χ3n) is 1.51. The molecule has 0 unspecified atom stereocenters. The van der Waals surface area contributed by atoms with E-state index in [1.54, 1.807) is 0 Å². The summed E-state index contributed by atoms with van der Waals surface area (Å²) in [6.45, 7) is 2.26. The number of benzene rings is 1. The zero-order valence-corrected chi connectivity index (χ0v) is 7.94. The van der Waals surface area contributed by atoms with Crippen molar-refractivity contribution in [3.8, 4) is 0 Å². The van der Waals surface area contributed by atoms with Gasteiger partial charge < -0.3 is 0 Å². The SMILES string of the molecule is C[CH2][Al][CH2]c1ccccc1.F. The van der Waals surface area contributed by atoms with Gasteiger partial charge >= 0.3 is 0 Å². The van der Waals surface area contributed by atoms with Gasteiger partial charge in [0, 0.05) is 0 Å². The van der Waals surface area contributed by atoms with Crippen LogP contribution < -0.4 is 0 Å². The Kier molecular flexibility index (Phi) is 6.21. The van der Waals surface area contributed by atoms with Crippen LogP contribution in [0.4, 0.5) is 4.70 Å². The molecule has 0 fully saturated rings. The first kappa shape index (κ1) is 10.7. The van der Waals surface area contributed by atoms with Crippen LogP contribution >= 0.6 is 0 Å². The monoisotopic (exact) mass is 167 g/mol. The van der Waals surface area contributed by atoms with Gasteiger partial charge in [-0.3, -0.25) is 4.70 Å². The Labute approximate surface area is 73.7 Å². The molecule has 0 saturated carbocycles. The molecule has 11 heavy (non-hydrogen) atoms. The molecule has 1 rings (SSSR count). The standard InChI is InChI=1S/C7H7.C2H5.Al.FH/c1-7-5-3-2-4-6-7;1-2;;/h2-6H,1H2;1H2,2H3;;1H. The number of rotatable bonds is 3. The second kappa shape index (κ2) is 6.40. The van der Waals surface area contributed by atoms with Crippen molar-refractivity contribution in [2.24, 2.45) is 0 Å². The highest BCUT2D eigenvalue weighted by molar-refractivity contribution is 6.34. The van der Waals surface area contributed by atoms with E-state index in [9.17, 15) is 0 Å². The minimum atomic E-state index is 0. The van der Waals surface area contributed by atoms with Gasteiger partial charge in [-0.25, -0.2) is 0 Å². The van der Waals surface area contributed by atoms with Crippen molar-refractivity contribution in [3.63, 3.8) is 0 Å². The lowest BCUT2D eigenvalue weighted by Crippen LogP contribution is -1.92. The summed E-state index contributed by atoms with van der Waals surface area (Å²) >= 11 is 0.658. The molecule has 1 aromatic rings. The highest BCUT2D eigenvalue weighted by Gasteiger charge is 1.90. The Hall–Kier alpha value is -0.318. The molecule has 59 valence electrons. The molecule has 0 bridgehead atoms. The van der Waals surface area contributed by atoms with Crippen molar-refractivity contribution in [1.82, 2.24) is 0 Å². The summed E-state index contributed by atoms with van der Waals surface area (Å²) in [7, 11) is 0. The van der Waals surface area contributed by atoms with Crippen LogP contribution in [-0.2, 0) is 5.28 Å². The number of halogens is 1. The van der Waals surface area contributed by atoms with Crippen LogP contribution in [0.1, 0.15) is 12.5 Å². The molecule has 1 aromatic carbocycles. The van der Waals surface area contributed by atoms with E-state index in [-0.39, 0.29) is 4.70 Å². The molecule has 0 heterocycles. The summed E-state index contributed by atoms with van der Waals surface area (Å²) in [5.74, 6) is 0. The van der Waals surface area contributed by atoms with E-state index in [1.165, 1.54) is 16.1 Å². The highest BCUT2D eigenvalue weighted by atomic mass is 27.1. The van der Waals surface area contributed by atoms with Gasteiger partial charge in [0.2, 0.25) is 15.2 Å². The summed E-state index contributed by atoms with van der Waals surface area (Å²) in [6, 6.07) is 10.7. The van der Waals surface area contributed by atoms with E-state index in [4.69, 9.17) is 0 Å². The minimum Gasteiger partial charge on any atom is -0.269 e. The molecule has 0 saturated heterocycles. The third kappa shape index (κ3) is 4.19. The zero-order valence-electron chi connectivity index (χ0n) is 6.79. The second-order valence-electron chi connectivity index (χ2n) is 2.39. The maximum Gasteiger partial charge on any atom is 0.206 e. The first-order valence-electron chi connectivity index (χ1n) is 3.79. The Bertz CT molecular complexity index is 174. The fourth-order valence-electron chi connectivity index (χ4n) is 0.925. The first-order valence-corrected chi connectivity index (χ1v) is 5.42. The zero-order chi connectivity index (χ0) is 7.23. The van der Waals surface area contributed by atoms with Gasteiger partial charge in [0.25, 0.3) is 0 Å². The first-order chi connectivity index (χ1) is 4.93. The molecular weight excluding hydrogens is 154 g/mol. The average Bonchev–Trinajstić information content (AvgIpc) is 2.03. The van der Waals surface area contributed by atoms with Gasteiger partial charge in [0.05, 0.1) is 0 Å². The fraction of sp³-hybridized carbons (Fsp3) is 0.333. The third-order valence-corrected chi connectivity index (χ3v) is 2.85. The summed E-state index contributed by atoms with van der Waals surface area (Å²) < 4.78 is 0. The predicted octanol–water partition coefficient (Wildman–Crippen LogP) is 2.48. The second-order valence-corrected chi connectivity index (χ2v) is 4.19. The van der Waals surface area contributed by atoms with Gasteiger partial charge in [-0.2, -0.15) is 0 Å². The molecular formula is C9H13AlF. The van der Waals surface area contributed by atoms with E-state index in [0.29, 0.717) is 15.2 Å². The highest BCUT2D eigenvalue weighted by Crippen LogP contribution is 1.98. The molecule has 0 atom stereocenters. The van der Waals surface area contributed by atoms with E-state index in [0.717, 1.165) is 0 Å². The van der Waals surface area contributed by atoms with Gasteiger partial charge in [0.1, 0.15) is 0 Å². The molecule has 0 aromatic heterocycles. The summed E-state index contributed by atoms with van der Waals surface area (Å²) in [4.78, 5) is 0. The lowest BCUT2D eigenvalue weighted by molar-refractivity contribution is 1.11.